The lowest BCUT2D eigenvalue weighted by atomic mass is 9.77. The Kier molecular flexibility index (Phi) is 4.89. The van der Waals surface area contributed by atoms with Gasteiger partial charge in [0.25, 0.3) is 5.91 Å². The van der Waals surface area contributed by atoms with Crippen molar-refractivity contribution in [2.45, 2.75) is 51.5 Å². The fraction of sp³-hybridized carbons (Fsp3) is 0.526. The number of hydrazine groups is 1. The Morgan fingerprint density at radius 2 is 2.04 bits per heavy atom. The van der Waals surface area contributed by atoms with Crippen LogP contribution in [-0.2, 0) is 16.0 Å². The number of rotatable bonds is 4. The minimum absolute atomic E-state index is 0.0533. The number of benzene rings is 1. The highest BCUT2D eigenvalue weighted by atomic mass is 16.5. The van der Waals surface area contributed by atoms with Crippen molar-refractivity contribution in [2.24, 2.45) is 5.92 Å². The van der Waals surface area contributed by atoms with E-state index in [1.54, 1.807) is 13.2 Å². The van der Waals surface area contributed by atoms with Gasteiger partial charge in [0.15, 0.2) is 0 Å². The molecule has 1 heterocycles. The van der Waals surface area contributed by atoms with Crippen molar-refractivity contribution in [3.05, 3.63) is 29.3 Å². The van der Waals surface area contributed by atoms with Crippen molar-refractivity contribution in [3.8, 4) is 5.75 Å². The summed E-state index contributed by atoms with van der Waals surface area (Å²) >= 11 is 0. The van der Waals surface area contributed by atoms with Gasteiger partial charge in [-0.2, -0.15) is 5.01 Å². The maximum atomic E-state index is 12.7. The third-order valence-electron chi connectivity index (χ3n) is 5.36. The quantitative estimate of drug-likeness (QED) is 0.806. The van der Waals surface area contributed by atoms with Gasteiger partial charge < -0.3 is 10.1 Å². The Labute approximate surface area is 153 Å². The summed E-state index contributed by atoms with van der Waals surface area (Å²) in [4.78, 5) is 37.3. The Morgan fingerprint density at radius 3 is 2.69 bits per heavy atom. The van der Waals surface area contributed by atoms with Crippen molar-refractivity contribution in [1.82, 2.24) is 15.8 Å². The van der Waals surface area contributed by atoms with Gasteiger partial charge in [-0.1, -0.05) is 19.1 Å². The van der Waals surface area contributed by atoms with E-state index in [0.29, 0.717) is 24.5 Å². The minimum atomic E-state index is -0.857. The average molecular weight is 359 g/mol. The standard InChI is InChI=1S/C19H25N3O4/c1-12-6-8-19(9-7-12)17(24)22(18(25)20-19)21-16(23)11-14-5-4-13(2)15(10-14)26-3/h4-5,10,12H,6-9,11H2,1-3H3,(H,20,25)(H,21,23). The van der Waals surface area contributed by atoms with Crippen LogP contribution < -0.4 is 15.5 Å². The molecule has 1 saturated carbocycles. The molecule has 0 unspecified atom stereocenters. The molecular weight excluding hydrogens is 334 g/mol. The van der Waals surface area contributed by atoms with Gasteiger partial charge in [0, 0.05) is 0 Å². The number of hydrogen-bond donors (Lipinski definition) is 2. The molecule has 140 valence electrons. The zero-order valence-corrected chi connectivity index (χ0v) is 15.4. The van der Waals surface area contributed by atoms with E-state index in [0.717, 1.165) is 29.0 Å². The normalized spacial score (nSPS) is 25.3. The molecule has 2 aliphatic rings. The number of hydrogen-bond acceptors (Lipinski definition) is 4. The van der Waals surface area contributed by atoms with Crippen LogP contribution in [0.15, 0.2) is 18.2 Å². The number of carbonyl (C=O) groups is 3. The second-order valence-electron chi connectivity index (χ2n) is 7.35. The fourth-order valence-electron chi connectivity index (χ4n) is 3.64. The van der Waals surface area contributed by atoms with Crippen LogP contribution in [0.3, 0.4) is 0 Å². The monoisotopic (exact) mass is 359 g/mol. The van der Waals surface area contributed by atoms with Gasteiger partial charge in [0.05, 0.1) is 13.5 Å². The summed E-state index contributed by atoms with van der Waals surface area (Å²) < 4.78 is 5.26. The Morgan fingerprint density at radius 1 is 1.35 bits per heavy atom. The number of amides is 4. The molecule has 26 heavy (non-hydrogen) atoms. The van der Waals surface area contributed by atoms with Crippen LogP contribution in [0, 0.1) is 12.8 Å². The second-order valence-corrected chi connectivity index (χ2v) is 7.35. The van der Waals surface area contributed by atoms with Crippen LogP contribution >= 0.6 is 0 Å². The summed E-state index contributed by atoms with van der Waals surface area (Å²) in [6, 6.07) is 4.92. The van der Waals surface area contributed by atoms with Crippen LogP contribution in [0.4, 0.5) is 4.79 Å². The summed E-state index contributed by atoms with van der Waals surface area (Å²) in [6.45, 7) is 4.06. The number of nitrogens with one attached hydrogen (secondary N) is 2. The number of aryl methyl sites for hydroxylation is 1. The number of carbonyl (C=O) groups excluding carboxylic acids is 3. The second kappa shape index (κ2) is 6.97. The molecule has 0 atom stereocenters. The number of urea groups is 1. The van der Waals surface area contributed by atoms with Crippen molar-refractivity contribution >= 4 is 17.8 Å². The lowest BCUT2D eigenvalue weighted by Crippen LogP contribution is -2.51. The summed E-state index contributed by atoms with van der Waals surface area (Å²) in [5.41, 5.74) is 3.32. The Balaban J connectivity index is 1.66. The fourth-order valence-corrected chi connectivity index (χ4v) is 3.64. The summed E-state index contributed by atoms with van der Waals surface area (Å²) in [5.74, 6) is 0.468. The van der Waals surface area contributed by atoms with Gasteiger partial charge in [-0.05, 0) is 55.7 Å². The van der Waals surface area contributed by atoms with Gasteiger partial charge in [0.2, 0.25) is 5.91 Å². The SMILES string of the molecule is COc1cc(CC(=O)NN2C(=O)NC3(CCC(C)CC3)C2=O)ccc1C. The van der Waals surface area contributed by atoms with Crippen LogP contribution in [0.2, 0.25) is 0 Å². The molecular formula is C19H25N3O4. The molecule has 1 aliphatic carbocycles. The first-order chi connectivity index (χ1) is 12.3. The third kappa shape index (κ3) is 3.38. The highest BCUT2D eigenvalue weighted by molar-refractivity contribution is 6.08. The largest absolute Gasteiger partial charge is 0.496 e. The number of methoxy groups -OCH3 is 1. The van der Waals surface area contributed by atoms with E-state index in [9.17, 15) is 14.4 Å². The number of nitrogens with zero attached hydrogens (tertiary/aromatic N) is 1. The van der Waals surface area contributed by atoms with Crippen molar-refractivity contribution in [3.63, 3.8) is 0 Å². The number of imide groups is 1. The van der Waals surface area contributed by atoms with Gasteiger partial charge in [0.1, 0.15) is 11.3 Å². The molecule has 1 aliphatic heterocycles. The van der Waals surface area contributed by atoms with E-state index in [-0.39, 0.29) is 12.3 Å². The Bertz CT molecular complexity index is 738. The first kappa shape index (κ1) is 18.2. The topological polar surface area (TPSA) is 87.7 Å². The molecule has 0 bridgehead atoms. The summed E-state index contributed by atoms with van der Waals surface area (Å²) in [5, 5.41) is 3.62. The maximum absolute atomic E-state index is 12.7. The lowest BCUT2D eigenvalue weighted by Gasteiger charge is -2.33. The van der Waals surface area contributed by atoms with Crippen LogP contribution in [0.1, 0.15) is 43.7 Å². The van der Waals surface area contributed by atoms with E-state index in [2.05, 4.69) is 17.7 Å². The first-order valence-corrected chi connectivity index (χ1v) is 8.94. The lowest BCUT2D eigenvalue weighted by molar-refractivity contribution is -0.139. The predicted octanol–water partition coefficient (Wildman–Crippen LogP) is 2.08. The van der Waals surface area contributed by atoms with Crippen LogP contribution in [0.5, 0.6) is 5.75 Å². The predicted molar refractivity (Wildman–Crippen MR) is 95.3 cm³/mol. The molecule has 0 radical (unpaired) electrons. The smallest absolute Gasteiger partial charge is 0.344 e. The molecule has 7 heteroatoms. The van der Waals surface area contributed by atoms with E-state index in [1.807, 2.05) is 19.1 Å². The van der Waals surface area contributed by atoms with Crippen molar-refractivity contribution in [2.75, 3.05) is 7.11 Å². The molecule has 1 saturated heterocycles. The molecule has 1 aromatic rings. The summed E-state index contributed by atoms with van der Waals surface area (Å²) in [7, 11) is 1.57. The van der Waals surface area contributed by atoms with Crippen LogP contribution in [0.25, 0.3) is 0 Å². The van der Waals surface area contributed by atoms with E-state index in [1.165, 1.54) is 0 Å². The Hall–Kier alpha value is -2.57. The molecule has 1 spiro atoms. The molecule has 1 aromatic carbocycles. The summed E-state index contributed by atoms with van der Waals surface area (Å²) in [6.07, 6.45) is 3.05. The van der Waals surface area contributed by atoms with E-state index >= 15 is 0 Å². The molecule has 2 N–H and O–H groups in total. The average Bonchev–Trinajstić information content (AvgIpc) is 2.83. The third-order valence-corrected chi connectivity index (χ3v) is 5.36. The van der Waals surface area contributed by atoms with Gasteiger partial charge in [-0.3, -0.25) is 15.0 Å². The zero-order chi connectivity index (χ0) is 18.9. The molecule has 0 aromatic heterocycles. The number of ether oxygens (including phenoxy) is 1. The van der Waals surface area contributed by atoms with E-state index in [4.69, 9.17) is 4.74 Å². The van der Waals surface area contributed by atoms with Crippen molar-refractivity contribution < 1.29 is 19.1 Å². The highest BCUT2D eigenvalue weighted by Crippen LogP contribution is 2.35. The highest BCUT2D eigenvalue weighted by Gasteiger charge is 2.52. The molecule has 3 rings (SSSR count). The first-order valence-electron chi connectivity index (χ1n) is 8.94. The maximum Gasteiger partial charge on any atom is 0.344 e. The molecule has 2 fully saturated rings. The molecule has 7 nitrogen and oxygen atoms in total. The van der Waals surface area contributed by atoms with Gasteiger partial charge in [-0.25, -0.2) is 4.79 Å². The van der Waals surface area contributed by atoms with Crippen LogP contribution in [-0.4, -0.2) is 35.5 Å². The van der Waals surface area contributed by atoms with Crippen molar-refractivity contribution in [1.29, 1.82) is 0 Å². The minimum Gasteiger partial charge on any atom is -0.496 e. The van der Waals surface area contributed by atoms with E-state index < -0.39 is 17.5 Å². The zero-order valence-electron chi connectivity index (χ0n) is 15.4. The van der Waals surface area contributed by atoms with Gasteiger partial charge >= 0.3 is 6.03 Å². The van der Waals surface area contributed by atoms with Gasteiger partial charge in [-0.15, -0.1) is 0 Å². The molecule has 4 amide bonds.